The van der Waals surface area contributed by atoms with E-state index in [0.29, 0.717) is 32.6 Å². The van der Waals surface area contributed by atoms with Gasteiger partial charge in [-0.05, 0) is 65.2 Å². The minimum Gasteiger partial charge on any atom is -0.324 e. The van der Waals surface area contributed by atoms with Crippen molar-refractivity contribution in [3.63, 3.8) is 0 Å². The lowest BCUT2D eigenvalue weighted by Gasteiger charge is -2.30. The fraction of sp³-hybridized carbons (Fsp3) is 0.133. The van der Waals surface area contributed by atoms with E-state index in [-0.39, 0.29) is 37.0 Å². The number of amides is 2. The number of pyridine rings is 1. The molecule has 190 valence electrons. The van der Waals surface area contributed by atoms with Gasteiger partial charge in [0, 0.05) is 46.8 Å². The summed E-state index contributed by atoms with van der Waals surface area (Å²) in [6, 6.07) is 23.8. The van der Waals surface area contributed by atoms with Gasteiger partial charge in [-0.2, -0.15) is 0 Å². The molecule has 38 heavy (non-hydrogen) atoms. The van der Waals surface area contributed by atoms with Gasteiger partial charge in [0.05, 0.1) is 6.04 Å². The van der Waals surface area contributed by atoms with Crippen LogP contribution in [0.1, 0.15) is 37.4 Å². The molecule has 6 nitrogen and oxygen atoms in total. The second kappa shape index (κ2) is 11.2. The van der Waals surface area contributed by atoms with Crippen molar-refractivity contribution < 1.29 is 14.4 Å². The predicted molar refractivity (Wildman–Crippen MR) is 148 cm³/mol. The van der Waals surface area contributed by atoms with E-state index in [1.165, 1.54) is 0 Å². The van der Waals surface area contributed by atoms with Crippen molar-refractivity contribution >= 4 is 46.6 Å². The fourth-order valence-electron chi connectivity index (χ4n) is 4.55. The summed E-state index contributed by atoms with van der Waals surface area (Å²) in [5, 5.41) is 3.77. The van der Waals surface area contributed by atoms with Crippen LogP contribution >= 0.6 is 23.2 Å². The quantitative estimate of drug-likeness (QED) is 0.322. The molecule has 8 heteroatoms. The summed E-state index contributed by atoms with van der Waals surface area (Å²) < 4.78 is 0. The highest BCUT2D eigenvalue weighted by Gasteiger charge is 2.35. The van der Waals surface area contributed by atoms with E-state index in [9.17, 15) is 14.4 Å². The number of rotatable bonds is 6. The van der Waals surface area contributed by atoms with Crippen molar-refractivity contribution in [1.82, 2.24) is 9.88 Å². The van der Waals surface area contributed by atoms with Crippen molar-refractivity contribution in [3.8, 4) is 0 Å². The zero-order chi connectivity index (χ0) is 26.6. The molecule has 4 aromatic rings. The monoisotopic (exact) mass is 543 g/mol. The van der Waals surface area contributed by atoms with Gasteiger partial charge in [-0.15, -0.1) is 0 Å². The molecule has 2 heterocycles. The number of ketones is 1. The molecule has 0 spiro atoms. The minimum absolute atomic E-state index is 0.0920. The number of benzene rings is 3. The first-order chi connectivity index (χ1) is 18.4. The average molecular weight is 544 g/mol. The van der Waals surface area contributed by atoms with Gasteiger partial charge < -0.3 is 10.2 Å². The van der Waals surface area contributed by atoms with Gasteiger partial charge in [0.25, 0.3) is 11.8 Å². The first-order valence-electron chi connectivity index (χ1n) is 12.1. The molecule has 0 radical (unpaired) electrons. The lowest BCUT2D eigenvalue weighted by atomic mass is 9.97. The molecule has 0 unspecified atom stereocenters. The van der Waals surface area contributed by atoms with E-state index in [4.69, 9.17) is 23.2 Å². The number of anilines is 1. The normalized spacial score (nSPS) is 15.1. The Bertz CT molecular complexity index is 1510. The molecule has 0 aliphatic carbocycles. The van der Waals surface area contributed by atoms with Gasteiger partial charge in [-0.25, -0.2) is 4.98 Å². The molecule has 5 rings (SSSR count). The molecule has 1 aromatic heterocycles. The second-order valence-electron chi connectivity index (χ2n) is 9.05. The van der Waals surface area contributed by atoms with E-state index >= 15 is 0 Å². The van der Waals surface area contributed by atoms with Crippen molar-refractivity contribution in [2.45, 2.75) is 25.4 Å². The Hall–Kier alpha value is -4.00. The average Bonchev–Trinajstić information content (AvgIpc) is 3.00. The van der Waals surface area contributed by atoms with Crippen LogP contribution in [0.25, 0.3) is 0 Å². The van der Waals surface area contributed by atoms with E-state index in [0.717, 1.165) is 11.1 Å². The zero-order valence-electron chi connectivity index (χ0n) is 20.2. The zero-order valence-corrected chi connectivity index (χ0v) is 21.7. The van der Waals surface area contributed by atoms with Crippen LogP contribution in [0.2, 0.25) is 10.0 Å². The summed E-state index contributed by atoms with van der Waals surface area (Å²) in [7, 11) is 0. The van der Waals surface area contributed by atoms with Crippen LogP contribution in [-0.2, 0) is 24.2 Å². The standard InChI is InChI=1S/C30H23Cl2N3O3/c31-23-12-13-24-22(15-23)17-27(36)26(16-21-5-1-2-6-25(21)32)35(30(24)38)18-19-8-10-20(11-9-19)29(37)34-28-7-3-4-14-33-28/h1-15,26H,16-18H2,(H,33,34,37)/t26-/m1/s1. The Kier molecular flexibility index (Phi) is 7.54. The van der Waals surface area contributed by atoms with E-state index in [1.54, 1.807) is 77.8 Å². The van der Waals surface area contributed by atoms with Crippen LogP contribution in [0.3, 0.4) is 0 Å². The predicted octanol–water partition coefficient (Wildman–Crippen LogP) is 6.02. The number of aromatic nitrogens is 1. The highest BCUT2D eigenvalue weighted by atomic mass is 35.5. The number of hydrogen-bond acceptors (Lipinski definition) is 4. The number of nitrogens with one attached hydrogen (secondary N) is 1. The summed E-state index contributed by atoms with van der Waals surface area (Å²) in [4.78, 5) is 45.6. The molecule has 0 saturated carbocycles. The molecule has 3 aromatic carbocycles. The van der Waals surface area contributed by atoms with E-state index in [1.807, 2.05) is 18.2 Å². The van der Waals surface area contributed by atoms with Gasteiger partial charge in [0.2, 0.25) is 0 Å². The van der Waals surface area contributed by atoms with Crippen molar-refractivity contribution in [1.29, 1.82) is 0 Å². The van der Waals surface area contributed by atoms with Crippen LogP contribution < -0.4 is 5.32 Å². The maximum Gasteiger partial charge on any atom is 0.256 e. The van der Waals surface area contributed by atoms with Gasteiger partial charge in [0.1, 0.15) is 5.82 Å². The van der Waals surface area contributed by atoms with Crippen molar-refractivity contribution in [2.75, 3.05) is 5.32 Å². The summed E-state index contributed by atoms with van der Waals surface area (Å²) in [5.41, 5.74) is 3.08. The highest BCUT2D eigenvalue weighted by Crippen LogP contribution is 2.28. The summed E-state index contributed by atoms with van der Waals surface area (Å²) >= 11 is 12.6. The Morgan fingerprint density at radius 1 is 0.947 bits per heavy atom. The number of halogens is 2. The molecule has 1 N–H and O–H groups in total. The minimum atomic E-state index is -0.722. The van der Waals surface area contributed by atoms with Crippen LogP contribution in [0, 0.1) is 0 Å². The van der Waals surface area contributed by atoms with E-state index < -0.39 is 6.04 Å². The third-order valence-electron chi connectivity index (χ3n) is 6.52. The van der Waals surface area contributed by atoms with Gasteiger partial charge in [-0.1, -0.05) is 59.6 Å². The Balaban J connectivity index is 1.43. The summed E-state index contributed by atoms with van der Waals surface area (Å²) in [6.45, 7) is 0.184. The largest absolute Gasteiger partial charge is 0.324 e. The van der Waals surface area contributed by atoms with Crippen LogP contribution in [0.4, 0.5) is 5.82 Å². The van der Waals surface area contributed by atoms with Gasteiger partial charge in [-0.3, -0.25) is 14.4 Å². The fourth-order valence-corrected chi connectivity index (χ4v) is 4.96. The maximum absolute atomic E-state index is 13.8. The molecule has 0 saturated heterocycles. The third kappa shape index (κ3) is 5.62. The Labute approximate surface area is 230 Å². The Morgan fingerprint density at radius 3 is 2.45 bits per heavy atom. The third-order valence-corrected chi connectivity index (χ3v) is 7.12. The highest BCUT2D eigenvalue weighted by molar-refractivity contribution is 6.31. The second-order valence-corrected chi connectivity index (χ2v) is 9.90. The topological polar surface area (TPSA) is 79.4 Å². The number of fused-ring (bicyclic) bond motifs is 1. The van der Waals surface area contributed by atoms with E-state index in [2.05, 4.69) is 10.3 Å². The number of hydrogen-bond donors (Lipinski definition) is 1. The smallest absolute Gasteiger partial charge is 0.256 e. The molecule has 1 aliphatic heterocycles. The summed E-state index contributed by atoms with van der Waals surface area (Å²) in [6.07, 6.45) is 1.99. The lowest BCUT2D eigenvalue weighted by molar-refractivity contribution is -0.122. The number of carbonyl (C=O) groups excluding carboxylic acids is 3. The van der Waals surface area contributed by atoms with Crippen LogP contribution in [-0.4, -0.2) is 33.5 Å². The first-order valence-corrected chi connectivity index (χ1v) is 12.8. The van der Waals surface area contributed by atoms with Gasteiger partial charge >= 0.3 is 0 Å². The summed E-state index contributed by atoms with van der Waals surface area (Å²) in [5.74, 6) is -0.183. The van der Waals surface area contributed by atoms with Crippen LogP contribution in [0.5, 0.6) is 0 Å². The molecular formula is C30H23Cl2N3O3. The SMILES string of the molecule is O=C(Nc1ccccn1)c1ccc(CN2C(=O)c3ccc(Cl)cc3CC(=O)[C@H]2Cc2ccccc2Cl)cc1. The number of carbonyl (C=O) groups is 3. The lowest BCUT2D eigenvalue weighted by Crippen LogP contribution is -2.44. The molecule has 1 aliphatic rings. The number of Topliss-reactive ketones (excluding diaryl/α,β-unsaturated/α-hetero) is 1. The maximum atomic E-state index is 13.8. The molecule has 1 atom stereocenters. The number of nitrogens with zero attached hydrogens (tertiary/aromatic N) is 2. The van der Waals surface area contributed by atoms with Crippen molar-refractivity contribution in [3.05, 3.63) is 129 Å². The molecule has 2 amide bonds. The molecule has 0 fully saturated rings. The van der Waals surface area contributed by atoms with Crippen molar-refractivity contribution in [2.24, 2.45) is 0 Å². The first kappa shape index (κ1) is 25.6. The van der Waals surface area contributed by atoms with Crippen LogP contribution in [0.15, 0.2) is 91.1 Å². The van der Waals surface area contributed by atoms with Gasteiger partial charge in [0.15, 0.2) is 5.78 Å². The Morgan fingerprint density at radius 2 is 1.71 bits per heavy atom. The molecule has 0 bridgehead atoms. The molecular weight excluding hydrogens is 521 g/mol.